The predicted molar refractivity (Wildman–Crippen MR) is 196 cm³/mol. The third kappa shape index (κ3) is 7.64. The maximum atomic E-state index is 15.0. The van der Waals surface area contributed by atoms with E-state index in [-0.39, 0.29) is 36.9 Å². The minimum Gasteiger partial charge on any atom is -0.497 e. The molecule has 2 bridgehead atoms. The van der Waals surface area contributed by atoms with Crippen molar-refractivity contribution in [2.24, 2.45) is 17.8 Å². The predicted octanol–water partition coefficient (Wildman–Crippen LogP) is 4.74. The van der Waals surface area contributed by atoms with Crippen LogP contribution in [0.1, 0.15) is 51.1 Å². The van der Waals surface area contributed by atoms with Gasteiger partial charge in [-0.15, -0.1) is 13.2 Å². The molecule has 51 heavy (non-hydrogen) atoms. The number of halogens is 1. The van der Waals surface area contributed by atoms with Gasteiger partial charge in [0.2, 0.25) is 11.8 Å². The highest BCUT2D eigenvalue weighted by molar-refractivity contribution is 9.09. The lowest BCUT2D eigenvalue weighted by molar-refractivity contribution is -0.146. The van der Waals surface area contributed by atoms with E-state index in [1.54, 1.807) is 48.4 Å². The number of esters is 1. The number of nitrogens with one attached hydrogen (secondary N) is 1. The van der Waals surface area contributed by atoms with E-state index in [1.807, 2.05) is 44.2 Å². The smallest absolute Gasteiger partial charge is 0.306 e. The molecule has 5 rings (SSSR count). The lowest BCUT2D eigenvalue weighted by Gasteiger charge is -2.39. The number of hydrogen-bond donors (Lipinski definition) is 2. The van der Waals surface area contributed by atoms with Crippen LogP contribution in [-0.2, 0) is 28.7 Å². The van der Waals surface area contributed by atoms with E-state index >= 15 is 0 Å². The number of aliphatic hydroxyl groups excluding tert-OH is 1. The van der Waals surface area contributed by atoms with Gasteiger partial charge in [-0.2, -0.15) is 0 Å². The van der Waals surface area contributed by atoms with E-state index in [0.717, 1.165) is 5.56 Å². The molecule has 3 saturated heterocycles. The topological polar surface area (TPSA) is 135 Å². The van der Waals surface area contributed by atoms with Crippen molar-refractivity contribution in [3.05, 3.63) is 85.5 Å². The van der Waals surface area contributed by atoms with E-state index in [1.165, 1.54) is 4.90 Å². The SMILES string of the molecule is C=CCCC(=O)OC[C@@H](NC(=O)[C@H]1[C@@H]2O[C@@]3(CC2Br)[C@@H]1C(=O)N([C@@H](CO)CC(C)C)[C@@H]3C(=O)N(CC=C)c1ccc(OC)cc1)c1ccccc1. The minimum absolute atomic E-state index is 0.0931. The molecule has 1 unspecified atom stereocenters. The molecule has 0 aliphatic carbocycles. The third-order valence-corrected chi connectivity index (χ3v) is 10.9. The van der Waals surface area contributed by atoms with Crippen LogP contribution in [0.25, 0.3) is 0 Å². The number of ether oxygens (including phenoxy) is 3. The van der Waals surface area contributed by atoms with Gasteiger partial charge in [-0.05, 0) is 55.0 Å². The molecule has 3 fully saturated rings. The fourth-order valence-electron chi connectivity index (χ4n) is 7.86. The summed E-state index contributed by atoms with van der Waals surface area (Å²) in [6, 6.07) is 13.7. The maximum absolute atomic E-state index is 15.0. The number of rotatable bonds is 17. The number of anilines is 1. The molecule has 3 heterocycles. The molecule has 2 aromatic carbocycles. The molecule has 274 valence electrons. The van der Waals surface area contributed by atoms with Crippen LogP contribution in [0.4, 0.5) is 5.69 Å². The first-order valence-corrected chi connectivity index (χ1v) is 18.4. The van der Waals surface area contributed by atoms with Crippen molar-refractivity contribution in [2.45, 2.75) is 74.2 Å². The summed E-state index contributed by atoms with van der Waals surface area (Å²) < 4.78 is 17.6. The summed E-state index contributed by atoms with van der Waals surface area (Å²) in [4.78, 5) is 59.4. The molecule has 11 nitrogen and oxygen atoms in total. The highest BCUT2D eigenvalue weighted by atomic mass is 79.9. The van der Waals surface area contributed by atoms with Crippen molar-refractivity contribution >= 4 is 45.3 Å². The molecule has 8 atom stereocenters. The number of hydrogen-bond acceptors (Lipinski definition) is 8. The number of likely N-dealkylation sites (tertiary alicyclic amines) is 1. The van der Waals surface area contributed by atoms with Crippen molar-refractivity contribution in [3.8, 4) is 5.75 Å². The lowest BCUT2D eigenvalue weighted by atomic mass is 9.70. The average Bonchev–Trinajstić information content (AvgIpc) is 3.73. The molecule has 2 N–H and O–H groups in total. The van der Waals surface area contributed by atoms with Gasteiger partial charge in [-0.25, -0.2) is 0 Å². The molecule has 1 spiro atoms. The summed E-state index contributed by atoms with van der Waals surface area (Å²) in [5.41, 5.74) is -0.0613. The number of carbonyl (C=O) groups is 4. The van der Waals surface area contributed by atoms with E-state index in [2.05, 4.69) is 34.4 Å². The number of fused-ring (bicyclic) bond motifs is 1. The number of carbonyl (C=O) groups excluding carboxylic acids is 4. The molecule has 2 aromatic rings. The maximum Gasteiger partial charge on any atom is 0.306 e. The molecule has 3 aliphatic heterocycles. The number of alkyl halides is 1. The zero-order valence-corrected chi connectivity index (χ0v) is 31.0. The summed E-state index contributed by atoms with van der Waals surface area (Å²) in [6.07, 6.45) is 3.90. The number of nitrogens with zero attached hydrogens (tertiary/aromatic N) is 2. The Balaban J connectivity index is 1.53. The Kier molecular flexibility index (Phi) is 12.4. The zero-order valence-electron chi connectivity index (χ0n) is 29.4. The van der Waals surface area contributed by atoms with Crippen LogP contribution in [0.3, 0.4) is 0 Å². The van der Waals surface area contributed by atoms with Crippen LogP contribution in [0.15, 0.2) is 79.9 Å². The van der Waals surface area contributed by atoms with Gasteiger partial charge in [0.1, 0.15) is 24.0 Å². The van der Waals surface area contributed by atoms with E-state index < -0.39 is 65.4 Å². The van der Waals surface area contributed by atoms with Crippen LogP contribution < -0.4 is 15.0 Å². The Morgan fingerprint density at radius 1 is 1.14 bits per heavy atom. The number of allylic oxidation sites excluding steroid dienone is 1. The van der Waals surface area contributed by atoms with Crippen LogP contribution in [0.2, 0.25) is 0 Å². The Hall–Kier alpha value is -4.00. The normalized spacial score (nSPS) is 26.0. The van der Waals surface area contributed by atoms with Gasteiger partial charge in [-0.3, -0.25) is 19.2 Å². The molecule has 3 aliphatic rings. The first-order valence-electron chi connectivity index (χ1n) is 17.4. The number of benzene rings is 2. The highest BCUT2D eigenvalue weighted by Crippen LogP contribution is 2.61. The van der Waals surface area contributed by atoms with Crippen molar-refractivity contribution in [2.75, 3.05) is 31.8 Å². The summed E-state index contributed by atoms with van der Waals surface area (Å²) in [7, 11) is 1.56. The second kappa shape index (κ2) is 16.6. The third-order valence-electron chi connectivity index (χ3n) is 10.1. The largest absolute Gasteiger partial charge is 0.497 e. The zero-order chi connectivity index (χ0) is 36.9. The van der Waals surface area contributed by atoms with Crippen LogP contribution in [-0.4, -0.2) is 89.2 Å². The van der Waals surface area contributed by atoms with Gasteiger partial charge in [0.15, 0.2) is 0 Å². The Labute approximate surface area is 308 Å². The van der Waals surface area contributed by atoms with Gasteiger partial charge < -0.3 is 34.4 Å². The molecule has 0 aromatic heterocycles. The van der Waals surface area contributed by atoms with Gasteiger partial charge >= 0.3 is 5.97 Å². The first kappa shape index (κ1) is 38.2. The molecular weight excluding hydrogens is 718 g/mol. The Morgan fingerprint density at radius 3 is 2.45 bits per heavy atom. The second-order valence-corrected chi connectivity index (χ2v) is 15.0. The van der Waals surface area contributed by atoms with Crippen molar-refractivity contribution < 1.29 is 38.5 Å². The molecular formula is C39H48BrN3O8. The van der Waals surface area contributed by atoms with E-state index in [9.17, 15) is 24.3 Å². The van der Waals surface area contributed by atoms with Crippen LogP contribution in [0.5, 0.6) is 5.75 Å². The van der Waals surface area contributed by atoms with Gasteiger partial charge in [-0.1, -0.05) is 72.3 Å². The molecule has 3 amide bonds. The monoisotopic (exact) mass is 765 g/mol. The Bertz CT molecular complexity index is 1590. The van der Waals surface area contributed by atoms with Crippen molar-refractivity contribution in [1.82, 2.24) is 10.2 Å². The summed E-state index contributed by atoms with van der Waals surface area (Å²) >= 11 is 3.74. The highest BCUT2D eigenvalue weighted by Gasteiger charge is 2.77. The van der Waals surface area contributed by atoms with Gasteiger partial charge in [0.05, 0.1) is 43.7 Å². The number of methoxy groups -OCH3 is 1. The van der Waals surface area contributed by atoms with Crippen LogP contribution in [0, 0.1) is 17.8 Å². The lowest BCUT2D eigenvalue weighted by Crippen LogP contribution is -2.59. The van der Waals surface area contributed by atoms with Gasteiger partial charge in [0.25, 0.3) is 5.91 Å². The molecule has 12 heteroatoms. The van der Waals surface area contributed by atoms with Gasteiger partial charge in [0, 0.05) is 23.5 Å². The summed E-state index contributed by atoms with van der Waals surface area (Å²) in [5, 5.41) is 13.8. The number of amides is 3. The van der Waals surface area contributed by atoms with E-state index in [4.69, 9.17) is 14.2 Å². The summed E-state index contributed by atoms with van der Waals surface area (Å²) in [6.45, 7) is 11.2. The molecule has 0 radical (unpaired) electrons. The average molecular weight is 767 g/mol. The quantitative estimate of drug-likeness (QED) is 0.134. The Morgan fingerprint density at radius 2 is 1.84 bits per heavy atom. The standard InChI is InChI=1S/C39H48BrN3O8/c1-6-8-14-31(45)50-23-30(25-12-10-9-11-13-25)41-36(46)32-33-37(47)43(27(22-44)20-24(3)4)35(39(33)21-29(40)34(32)51-39)38(48)42(19-7-2)26-15-17-28(49-5)18-16-26/h6-7,9-13,15-18,24,27,29-30,32-35,44H,1-2,8,14,19-23H2,3-5H3,(H,41,46)/t27-,29?,30-,32-,33+,34-,35-,39+/m1/s1. The molecule has 0 saturated carbocycles. The number of aliphatic hydroxyl groups is 1. The first-order chi connectivity index (χ1) is 24.5. The fraction of sp³-hybridized carbons (Fsp3) is 0.487. The summed E-state index contributed by atoms with van der Waals surface area (Å²) in [5.74, 6) is -2.93. The van der Waals surface area contributed by atoms with Crippen LogP contribution >= 0.6 is 15.9 Å². The van der Waals surface area contributed by atoms with E-state index in [0.29, 0.717) is 30.7 Å². The fourth-order valence-corrected chi connectivity index (χ4v) is 8.81. The minimum atomic E-state index is -1.36. The van der Waals surface area contributed by atoms with Crippen molar-refractivity contribution in [3.63, 3.8) is 0 Å². The van der Waals surface area contributed by atoms with Crippen molar-refractivity contribution in [1.29, 1.82) is 0 Å². The second-order valence-electron chi connectivity index (χ2n) is 13.8.